The van der Waals surface area contributed by atoms with Gasteiger partial charge in [0.1, 0.15) is 11.5 Å². The number of carbonyl (C=O) groups is 1. The van der Waals surface area contributed by atoms with E-state index in [1.807, 2.05) is 19.1 Å². The molecule has 2 N–H and O–H groups in total. The van der Waals surface area contributed by atoms with Crippen molar-refractivity contribution in [2.75, 3.05) is 31.6 Å². The summed E-state index contributed by atoms with van der Waals surface area (Å²) in [6.45, 7) is 6.69. The summed E-state index contributed by atoms with van der Waals surface area (Å²) in [5.74, 6) is 0.549. The molecule has 0 aliphatic carbocycles. The highest BCUT2D eigenvalue weighted by Crippen LogP contribution is 2.04. The molecule has 106 valence electrons. The minimum absolute atomic E-state index is 0.168. The molecule has 1 aromatic rings. The summed E-state index contributed by atoms with van der Waals surface area (Å²) in [7, 11) is 0. The topological polar surface area (TPSA) is 63.2 Å². The van der Waals surface area contributed by atoms with Crippen molar-refractivity contribution in [1.82, 2.24) is 10.3 Å². The van der Waals surface area contributed by atoms with E-state index in [0.29, 0.717) is 24.7 Å². The number of anilines is 1. The number of carbonyl (C=O) groups excluding carboxylic acids is 1. The van der Waals surface area contributed by atoms with Gasteiger partial charge in [0.2, 0.25) is 0 Å². The molecule has 0 atom stereocenters. The molecule has 5 heteroatoms. The fraction of sp³-hybridized carbons (Fsp3) is 0.571. The van der Waals surface area contributed by atoms with Gasteiger partial charge in [-0.05, 0) is 25.5 Å². The van der Waals surface area contributed by atoms with E-state index < -0.39 is 0 Å². The molecule has 0 aromatic carbocycles. The molecule has 0 aliphatic rings. The van der Waals surface area contributed by atoms with Gasteiger partial charge in [-0.1, -0.05) is 19.4 Å². The predicted octanol–water partition coefficient (Wildman–Crippen LogP) is 2.06. The van der Waals surface area contributed by atoms with Crippen molar-refractivity contribution < 1.29 is 9.53 Å². The van der Waals surface area contributed by atoms with Crippen molar-refractivity contribution in [1.29, 1.82) is 0 Å². The molecule has 0 saturated carbocycles. The standard InChI is InChI=1S/C14H23N3O2/c1-3-5-10-19-11-9-16-14(18)12-7-6-8-13(17-12)15-4-2/h6-8H,3-5,9-11H2,1-2H3,(H,15,17)(H,16,18). The molecule has 1 rings (SSSR count). The van der Waals surface area contributed by atoms with E-state index in [9.17, 15) is 4.79 Å². The zero-order valence-electron chi connectivity index (χ0n) is 11.7. The predicted molar refractivity (Wildman–Crippen MR) is 76.5 cm³/mol. The highest BCUT2D eigenvalue weighted by atomic mass is 16.5. The highest BCUT2D eigenvalue weighted by molar-refractivity contribution is 5.92. The van der Waals surface area contributed by atoms with E-state index in [-0.39, 0.29) is 5.91 Å². The fourth-order valence-corrected chi connectivity index (χ4v) is 1.52. The molecular formula is C14H23N3O2. The summed E-state index contributed by atoms with van der Waals surface area (Å²) in [5, 5.41) is 5.87. The van der Waals surface area contributed by atoms with Crippen molar-refractivity contribution in [2.24, 2.45) is 0 Å². The Bertz CT molecular complexity index is 383. The van der Waals surface area contributed by atoms with E-state index in [0.717, 1.165) is 26.0 Å². The second kappa shape index (κ2) is 9.33. The van der Waals surface area contributed by atoms with Crippen LogP contribution in [0.25, 0.3) is 0 Å². The lowest BCUT2D eigenvalue weighted by Gasteiger charge is -2.07. The number of hydrogen-bond acceptors (Lipinski definition) is 4. The Hall–Kier alpha value is -1.62. The van der Waals surface area contributed by atoms with Crippen molar-refractivity contribution in [3.8, 4) is 0 Å². The summed E-state index contributed by atoms with van der Waals surface area (Å²) in [4.78, 5) is 16.1. The van der Waals surface area contributed by atoms with Gasteiger partial charge in [-0.3, -0.25) is 4.79 Å². The Kier molecular flexibility index (Phi) is 7.58. The molecule has 1 amide bonds. The van der Waals surface area contributed by atoms with Gasteiger partial charge >= 0.3 is 0 Å². The van der Waals surface area contributed by atoms with Crippen LogP contribution >= 0.6 is 0 Å². The maximum absolute atomic E-state index is 11.8. The third-order valence-corrected chi connectivity index (χ3v) is 2.51. The minimum atomic E-state index is -0.168. The molecule has 0 fully saturated rings. The number of rotatable bonds is 9. The zero-order valence-corrected chi connectivity index (χ0v) is 11.7. The first-order valence-electron chi connectivity index (χ1n) is 6.84. The van der Waals surface area contributed by atoms with E-state index >= 15 is 0 Å². The molecular weight excluding hydrogens is 242 g/mol. The van der Waals surface area contributed by atoms with Gasteiger partial charge in [0.15, 0.2) is 0 Å². The van der Waals surface area contributed by atoms with Crippen LogP contribution in [-0.2, 0) is 4.74 Å². The van der Waals surface area contributed by atoms with Crippen LogP contribution in [0.4, 0.5) is 5.82 Å². The maximum Gasteiger partial charge on any atom is 0.270 e. The zero-order chi connectivity index (χ0) is 13.9. The summed E-state index contributed by atoms with van der Waals surface area (Å²) in [5.41, 5.74) is 0.423. The Morgan fingerprint density at radius 2 is 2.16 bits per heavy atom. The number of ether oxygens (including phenoxy) is 1. The summed E-state index contributed by atoms with van der Waals surface area (Å²) >= 11 is 0. The third-order valence-electron chi connectivity index (χ3n) is 2.51. The average Bonchev–Trinajstić information content (AvgIpc) is 2.43. The molecule has 1 heterocycles. The van der Waals surface area contributed by atoms with Crippen LogP contribution in [0.1, 0.15) is 37.2 Å². The Morgan fingerprint density at radius 1 is 1.32 bits per heavy atom. The number of nitrogens with one attached hydrogen (secondary N) is 2. The number of aromatic nitrogens is 1. The SMILES string of the molecule is CCCCOCCNC(=O)c1cccc(NCC)n1. The first-order valence-corrected chi connectivity index (χ1v) is 6.84. The van der Waals surface area contributed by atoms with Gasteiger partial charge in [-0.2, -0.15) is 0 Å². The number of pyridine rings is 1. The molecule has 5 nitrogen and oxygen atoms in total. The van der Waals surface area contributed by atoms with Crippen molar-refractivity contribution >= 4 is 11.7 Å². The Balaban J connectivity index is 2.30. The normalized spacial score (nSPS) is 10.2. The van der Waals surface area contributed by atoms with E-state index in [1.54, 1.807) is 6.07 Å². The van der Waals surface area contributed by atoms with Crippen molar-refractivity contribution in [2.45, 2.75) is 26.7 Å². The Labute approximate surface area is 114 Å². The number of nitrogens with zero attached hydrogens (tertiary/aromatic N) is 1. The van der Waals surface area contributed by atoms with Gasteiger partial charge in [0.25, 0.3) is 5.91 Å². The third kappa shape index (κ3) is 6.20. The molecule has 19 heavy (non-hydrogen) atoms. The molecule has 0 radical (unpaired) electrons. The fourth-order valence-electron chi connectivity index (χ4n) is 1.52. The van der Waals surface area contributed by atoms with Crippen LogP contribution < -0.4 is 10.6 Å². The van der Waals surface area contributed by atoms with Crippen LogP contribution in [0.3, 0.4) is 0 Å². The van der Waals surface area contributed by atoms with Gasteiger partial charge in [0, 0.05) is 19.7 Å². The molecule has 0 bridgehead atoms. The highest BCUT2D eigenvalue weighted by Gasteiger charge is 2.06. The first kappa shape index (κ1) is 15.4. The first-order chi connectivity index (χ1) is 9.27. The summed E-state index contributed by atoms with van der Waals surface area (Å²) < 4.78 is 5.38. The van der Waals surface area contributed by atoms with Crippen LogP contribution in [0.2, 0.25) is 0 Å². The summed E-state index contributed by atoms with van der Waals surface area (Å²) in [6, 6.07) is 5.36. The van der Waals surface area contributed by atoms with Gasteiger partial charge in [0.05, 0.1) is 6.61 Å². The second-order valence-electron chi connectivity index (χ2n) is 4.16. The lowest BCUT2D eigenvalue weighted by atomic mass is 10.3. The monoisotopic (exact) mass is 265 g/mol. The maximum atomic E-state index is 11.8. The molecule has 1 aromatic heterocycles. The van der Waals surface area contributed by atoms with Gasteiger partial charge < -0.3 is 15.4 Å². The molecule has 0 saturated heterocycles. The number of hydrogen-bond donors (Lipinski definition) is 2. The minimum Gasteiger partial charge on any atom is -0.380 e. The van der Waals surface area contributed by atoms with Crippen LogP contribution in [0, 0.1) is 0 Å². The van der Waals surface area contributed by atoms with Crippen LogP contribution in [0.15, 0.2) is 18.2 Å². The van der Waals surface area contributed by atoms with Gasteiger partial charge in [-0.15, -0.1) is 0 Å². The lowest BCUT2D eigenvalue weighted by molar-refractivity contribution is 0.0908. The molecule has 0 spiro atoms. The Morgan fingerprint density at radius 3 is 2.89 bits per heavy atom. The van der Waals surface area contributed by atoms with E-state index in [2.05, 4.69) is 22.5 Å². The molecule has 0 unspecified atom stereocenters. The van der Waals surface area contributed by atoms with Crippen molar-refractivity contribution in [3.63, 3.8) is 0 Å². The van der Waals surface area contributed by atoms with Crippen molar-refractivity contribution in [3.05, 3.63) is 23.9 Å². The average molecular weight is 265 g/mol. The lowest BCUT2D eigenvalue weighted by Crippen LogP contribution is -2.28. The quantitative estimate of drug-likeness (QED) is 0.671. The van der Waals surface area contributed by atoms with E-state index in [1.165, 1.54) is 0 Å². The summed E-state index contributed by atoms with van der Waals surface area (Å²) in [6.07, 6.45) is 2.17. The largest absolute Gasteiger partial charge is 0.380 e. The number of amides is 1. The second-order valence-corrected chi connectivity index (χ2v) is 4.16. The molecule has 0 aliphatic heterocycles. The smallest absolute Gasteiger partial charge is 0.270 e. The van der Waals surface area contributed by atoms with Crippen LogP contribution in [0.5, 0.6) is 0 Å². The van der Waals surface area contributed by atoms with Crippen LogP contribution in [-0.4, -0.2) is 37.2 Å². The van der Waals surface area contributed by atoms with Gasteiger partial charge in [-0.25, -0.2) is 4.98 Å². The number of unbranched alkanes of at least 4 members (excludes halogenated alkanes) is 1. The van der Waals surface area contributed by atoms with E-state index in [4.69, 9.17) is 4.74 Å².